The maximum absolute atomic E-state index is 13.0. The van der Waals surface area contributed by atoms with E-state index in [0.717, 1.165) is 0 Å². The quantitative estimate of drug-likeness (QED) is 0.668. The number of halogens is 1. The van der Waals surface area contributed by atoms with E-state index < -0.39 is 17.2 Å². The van der Waals surface area contributed by atoms with Gasteiger partial charge >= 0.3 is 5.97 Å². The van der Waals surface area contributed by atoms with Crippen molar-refractivity contribution in [2.75, 3.05) is 12.3 Å². The van der Waals surface area contributed by atoms with Gasteiger partial charge in [-0.1, -0.05) is 0 Å². The molecule has 16 heavy (non-hydrogen) atoms. The van der Waals surface area contributed by atoms with Gasteiger partial charge in [0.05, 0.1) is 5.41 Å². The molecule has 0 aliphatic heterocycles. The Morgan fingerprint density at radius 1 is 1.56 bits per heavy atom. The lowest BCUT2D eigenvalue weighted by atomic mass is 9.83. The second-order valence-corrected chi connectivity index (χ2v) is 4.09. The Bertz CT molecular complexity index is 409. The van der Waals surface area contributed by atoms with Crippen molar-refractivity contribution in [2.45, 2.75) is 13.3 Å². The fourth-order valence-electron chi connectivity index (χ4n) is 1.38. The van der Waals surface area contributed by atoms with Crippen LogP contribution in [0.5, 0.6) is 0 Å². The fourth-order valence-corrected chi connectivity index (χ4v) is 1.38. The van der Waals surface area contributed by atoms with Crippen molar-refractivity contribution < 1.29 is 14.3 Å². The zero-order valence-electron chi connectivity index (χ0n) is 9.03. The van der Waals surface area contributed by atoms with Crippen LogP contribution in [0.25, 0.3) is 0 Å². The third-order valence-corrected chi connectivity index (χ3v) is 2.65. The van der Waals surface area contributed by atoms with Gasteiger partial charge in [0.1, 0.15) is 5.82 Å². The summed E-state index contributed by atoms with van der Waals surface area (Å²) in [5, 5.41) is 9.04. The maximum atomic E-state index is 13.0. The molecule has 0 heterocycles. The summed E-state index contributed by atoms with van der Waals surface area (Å²) in [5.74, 6) is -1.45. The number of hydrogen-bond acceptors (Lipinski definition) is 3. The second-order valence-electron chi connectivity index (χ2n) is 4.09. The molecule has 0 fully saturated rings. The molecular formula is C11H15FN2O2. The van der Waals surface area contributed by atoms with Crippen LogP contribution in [0.15, 0.2) is 18.2 Å². The van der Waals surface area contributed by atoms with Gasteiger partial charge in [-0.3, -0.25) is 4.79 Å². The van der Waals surface area contributed by atoms with Crippen molar-refractivity contribution in [1.29, 1.82) is 0 Å². The van der Waals surface area contributed by atoms with Crippen LogP contribution in [0, 0.1) is 11.2 Å². The van der Waals surface area contributed by atoms with E-state index in [4.69, 9.17) is 16.6 Å². The SMILES string of the molecule is CC(CN)(Cc1cc(F)ccc1N)C(=O)O. The number of nitrogens with two attached hydrogens (primary N) is 2. The standard InChI is InChI=1S/C11H15FN2O2/c1-11(6-13,10(15)16)5-7-4-8(12)2-3-9(7)14/h2-4H,5-6,13-14H2,1H3,(H,15,16). The summed E-state index contributed by atoms with van der Waals surface area (Å²) in [6, 6.07) is 3.90. The van der Waals surface area contributed by atoms with E-state index in [9.17, 15) is 9.18 Å². The van der Waals surface area contributed by atoms with Gasteiger partial charge in [0.15, 0.2) is 0 Å². The largest absolute Gasteiger partial charge is 0.481 e. The average molecular weight is 226 g/mol. The molecule has 1 unspecified atom stereocenters. The van der Waals surface area contributed by atoms with Crippen LogP contribution in [-0.4, -0.2) is 17.6 Å². The highest BCUT2D eigenvalue weighted by Crippen LogP contribution is 2.25. The Hall–Kier alpha value is -1.62. The zero-order valence-corrected chi connectivity index (χ0v) is 9.03. The van der Waals surface area contributed by atoms with Gasteiger partial charge in [0, 0.05) is 12.2 Å². The highest BCUT2D eigenvalue weighted by Gasteiger charge is 2.32. The Balaban J connectivity index is 3.03. The van der Waals surface area contributed by atoms with Crippen molar-refractivity contribution in [3.05, 3.63) is 29.6 Å². The molecule has 0 aliphatic carbocycles. The lowest BCUT2D eigenvalue weighted by molar-refractivity contribution is -0.147. The topological polar surface area (TPSA) is 89.3 Å². The minimum Gasteiger partial charge on any atom is -0.481 e. The van der Waals surface area contributed by atoms with Crippen LogP contribution in [0.1, 0.15) is 12.5 Å². The molecule has 5 heteroatoms. The maximum Gasteiger partial charge on any atom is 0.310 e. The highest BCUT2D eigenvalue weighted by atomic mass is 19.1. The van der Waals surface area contributed by atoms with Crippen LogP contribution in [0.2, 0.25) is 0 Å². The number of hydrogen-bond donors (Lipinski definition) is 3. The van der Waals surface area contributed by atoms with Crippen molar-refractivity contribution >= 4 is 11.7 Å². The van der Waals surface area contributed by atoms with E-state index in [0.29, 0.717) is 11.3 Å². The minimum absolute atomic E-state index is 0.0295. The minimum atomic E-state index is -1.12. The number of rotatable bonds is 4. The first kappa shape index (κ1) is 12.4. The summed E-state index contributed by atoms with van der Waals surface area (Å²) in [4.78, 5) is 11.0. The molecule has 4 nitrogen and oxygen atoms in total. The lowest BCUT2D eigenvalue weighted by Gasteiger charge is -2.23. The predicted octanol–water partition coefficient (Wildman–Crippen LogP) is 1.00. The summed E-state index contributed by atoms with van der Waals surface area (Å²) in [7, 11) is 0. The van der Waals surface area contributed by atoms with Crippen molar-refractivity contribution in [3.63, 3.8) is 0 Å². The van der Waals surface area contributed by atoms with E-state index in [1.807, 2.05) is 0 Å². The normalized spacial score (nSPS) is 14.4. The lowest BCUT2D eigenvalue weighted by Crippen LogP contribution is -2.37. The number of anilines is 1. The molecule has 1 aromatic rings. The molecule has 0 aromatic heterocycles. The van der Waals surface area contributed by atoms with E-state index >= 15 is 0 Å². The van der Waals surface area contributed by atoms with Gasteiger partial charge < -0.3 is 16.6 Å². The monoisotopic (exact) mass is 226 g/mol. The van der Waals surface area contributed by atoms with Gasteiger partial charge in [-0.2, -0.15) is 0 Å². The van der Waals surface area contributed by atoms with Crippen molar-refractivity contribution in [3.8, 4) is 0 Å². The van der Waals surface area contributed by atoms with Gasteiger partial charge in [-0.15, -0.1) is 0 Å². The van der Waals surface area contributed by atoms with Crippen LogP contribution in [0.4, 0.5) is 10.1 Å². The molecule has 1 rings (SSSR count). The third-order valence-electron chi connectivity index (χ3n) is 2.65. The van der Waals surface area contributed by atoms with Crippen LogP contribution in [0.3, 0.4) is 0 Å². The Morgan fingerprint density at radius 2 is 2.19 bits per heavy atom. The molecule has 0 radical (unpaired) electrons. The molecule has 1 aromatic carbocycles. The highest BCUT2D eigenvalue weighted by molar-refractivity contribution is 5.75. The Morgan fingerprint density at radius 3 is 2.69 bits per heavy atom. The van der Waals surface area contributed by atoms with Crippen LogP contribution < -0.4 is 11.5 Å². The summed E-state index contributed by atoms with van der Waals surface area (Å²) in [5.41, 5.74) is 10.8. The van der Waals surface area contributed by atoms with E-state index in [-0.39, 0.29) is 13.0 Å². The molecule has 5 N–H and O–H groups in total. The number of benzene rings is 1. The summed E-state index contributed by atoms with van der Waals surface area (Å²) >= 11 is 0. The first-order chi connectivity index (χ1) is 7.39. The molecule has 0 aliphatic rings. The van der Waals surface area contributed by atoms with E-state index in [2.05, 4.69) is 0 Å². The summed E-state index contributed by atoms with van der Waals surface area (Å²) in [6.07, 6.45) is 0.114. The number of nitrogen functional groups attached to an aromatic ring is 1. The van der Waals surface area contributed by atoms with E-state index in [1.54, 1.807) is 0 Å². The molecule has 0 amide bonds. The Kier molecular flexibility index (Phi) is 3.49. The molecule has 88 valence electrons. The zero-order chi connectivity index (χ0) is 12.3. The smallest absolute Gasteiger partial charge is 0.310 e. The predicted molar refractivity (Wildman–Crippen MR) is 59.3 cm³/mol. The van der Waals surface area contributed by atoms with Crippen molar-refractivity contribution in [1.82, 2.24) is 0 Å². The van der Waals surface area contributed by atoms with Gasteiger partial charge in [0.2, 0.25) is 0 Å². The first-order valence-electron chi connectivity index (χ1n) is 4.86. The van der Waals surface area contributed by atoms with Crippen LogP contribution >= 0.6 is 0 Å². The molecular weight excluding hydrogens is 211 g/mol. The molecule has 0 bridgehead atoms. The average Bonchev–Trinajstić information content (AvgIpc) is 2.23. The van der Waals surface area contributed by atoms with Crippen molar-refractivity contribution in [2.24, 2.45) is 11.1 Å². The van der Waals surface area contributed by atoms with Gasteiger partial charge in [-0.25, -0.2) is 4.39 Å². The number of carboxylic acids is 1. The summed E-state index contributed by atoms with van der Waals surface area (Å²) < 4.78 is 13.0. The third kappa shape index (κ3) is 2.49. The molecule has 0 spiro atoms. The summed E-state index contributed by atoms with van der Waals surface area (Å²) in [6.45, 7) is 1.48. The van der Waals surface area contributed by atoms with Crippen LogP contribution in [-0.2, 0) is 11.2 Å². The van der Waals surface area contributed by atoms with Gasteiger partial charge in [0.25, 0.3) is 0 Å². The number of aliphatic carboxylic acids is 1. The molecule has 1 atom stereocenters. The fraction of sp³-hybridized carbons (Fsp3) is 0.364. The second kappa shape index (κ2) is 4.49. The first-order valence-corrected chi connectivity index (χ1v) is 4.86. The van der Waals surface area contributed by atoms with Gasteiger partial charge in [-0.05, 0) is 37.1 Å². The number of carboxylic acid groups (broad SMARTS) is 1. The number of carbonyl (C=O) groups is 1. The Labute approximate surface area is 93.1 Å². The molecule has 0 saturated heterocycles. The molecule has 0 saturated carbocycles. The van der Waals surface area contributed by atoms with E-state index in [1.165, 1.54) is 25.1 Å².